The van der Waals surface area contributed by atoms with E-state index in [2.05, 4.69) is 13.8 Å². The van der Waals surface area contributed by atoms with Crippen molar-refractivity contribution in [2.45, 2.75) is 111 Å². The third-order valence-electron chi connectivity index (χ3n) is 4.60. The first-order valence-corrected chi connectivity index (χ1v) is 10.6. The van der Waals surface area contributed by atoms with Crippen LogP contribution >= 0.6 is 0 Å². The molecule has 1 unspecified atom stereocenters. The summed E-state index contributed by atoms with van der Waals surface area (Å²) in [6, 6.07) is 0. The molecule has 0 aliphatic carbocycles. The van der Waals surface area contributed by atoms with Crippen molar-refractivity contribution in [2.24, 2.45) is 5.92 Å². The van der Waals surface area contributed by atoms with E-state index in [9.17, 15) is 0 Å². The molecule has 0 bridgehead atoms. The number of hydrogen-bond acceptors (Lipinski definition) is 3. The predicted molar refractivity (Wildman–Crippen MR) is 103 cm³/mol. The molecule has 0 aliphatic heterocycles. The lowest BCUT2D eigenvalue weighted by molar-refractivity contribution is -0.403. The van der Waals surface area contributed by atoms with Crippen LogP contribution in [0.1, 0.15) is 105 Å². The highest BCUT2D eigenvalue weighted by atomic mass is 16.9. The molecule has 0 aromatic carbocycles. The molecule has 0 fully saturated rings. The van der Waals surface area contributed by atoms with Gasteiger partial charge in [-0.3, -0.25) is 0 Å². The van der Waals surface area contributed by atoms with Gasteiger partial charge in [0, 0.05) is 25.7 Å². The van der Waals surface area contributed by atoms with Crippen LogP contribution in [0.4, 0.5) is 0 Å². The SMILES string of the molecule is CCCCCCCCC(CCCCC)C(OCC)(OCC)OCC. The molecular weight excluding hydrogens is 300 g/mol. The lowest BCUT2D eigenvalue weighted by atomic mass is 9.92. The van der Waals surface area contributed by atoms with Gasteiger partial charge in [0.2, 0.25) is 0 Å². The van der Waals surface area contributed by atoms with Crippen LogP contribution in [0.15, 0.2) is 0 Å². The number of hydrogen-bond donors (Lipinski definition) is 0. The van der Waals surface area contributed by atoms with Crippen molar-refractivity contribution in [3.05, 3.63) is 0 Å². The number of rotatable bonds is 18. The van der Waals surface area contributed by atoms with E-state index in [0.717, 1.165) is 12.8 Å². The Bertz CT molecular complexity index is 238. The summed E-state index contributed by atoms with van der Waals surface area (Å²) in [5.41, 5.74) is 0. The normalized spacial score (nSPS) is 13.4. The van der Waals surface area contributed by atoms with Gasteiger partial charge in [0.15, 0.2) is 0 Å². The average Bonchev–Trinajstić information content (AvgIpc) is 2.57. The molecule has 0 amide bonds. The fourth-order valence-electron chi connectivity index (χ4n) is 3.39. The standard InChI is InChI=1S/C21H44O3/c1-6-11-13-14-15-17-19-20(18-16-12-7-2)21(22-8-3,23-9-4)24-10-5/h20H,6-19H2,1-5H3. The molecule has 0 saturated carbocycles. The Morgan fingerprint density at radius 2 is 0.917 bits per heavy atom. The fourth-order valence-corrected chi connectivity index (χ4v) is 3.39. The largest absolute Gasteiger partial charge is 0.328 e. The lowest BCUT2D eigenvalue weighted by Gasteiger charge is -2.39. The molecule has 0 spiro atoms. The van der Waals surface area contributed by atoms with Crippen LogP contribution in [0.25, 0.3) is 0 Å². The van der Waals surface area contributed by atoms with Gasteiger partial charge in [-0.1, -0.05) is 71.6 Å². The van der Waals surface area contributed by atoms with Crippen molar-refractivity contribution in [2.75, 3.05) is 19.8 Å². The topological polar surface area (TPSA) is 27.7 Å². The second kappa shape index (κ2) is 16.4. The van der Waals surface area contributed by atoms with E-state index in [1.54, 1.807) is 0 Å². The first kappa shape index (κ1) is 23.9. The molecular formula is C21H44O3. The Morgan fingerprint density at radius 3 is 1.38 bits per heavy atom. The summed E-state index contributed by atoms with van der Waals surface area (Å²) in [6.07, 6.45) is 13.9. The van der Waals surface area contributed by atoms with Crippen molar-refractivity contribution in [1.29, 1.82) is 0 Å². The summed E-state index contributed by atoms with van der Waals surface area (Å²) >= 11 is 0. The molecule has 0 N–H and O–H groups in total. The van der Waals surface area contributed by atoms with E-state index < -0.39 is 5.97 Å². The summed E-state index contributed by atoms with van der Waals surface area (Å²) in [5.74, 6) is -0.509. The molecule has 0 aromatic heterocycles. The Balaban J connectivity index is 4.74. The summed E-state index contributed by atoms with van der Waals surface area (Å²) in [5, 5.41) is 0. The minimum atomic E-state index is -0.838. The van der Waals surface area contributed by atoms with Gasteiger partial charge in [-0.05, 0) is 33.6 Å². The van der Waals surface area contributed by atoms with Gasteiger partial charge in [-0.15, -0.1) is 0 Å². The maximum atomic E-state index is 6.05. The third kappa shape index (κ3) is 10.0. The van der Waals surface area contributed by atoms with E-state index in [1.807, 2.05) is 20.8 Å². The van der Waals surface area contributed by atoms with Gasteiger partial charge >= 0.3 is 0 Å². The average molecular weight is 345 g/mol. The highest BCUT2D eigenvalue weighted by Crippen LogP contribution is 2.34. The van der Waals surface area contributed by atoms with E-state index in [0.29, 0.717) is 25.7 Å². The molecule has 0 radical (unpaired) electrons. The smallest absolute Gasteiger partial charge is 0.285 e. The second-order valence-corrected chi connectivity index (χ2v) is 6.65. The molecule has 1 atom stereocenters. The van der Waals surface area contributed by atoms with Crippen molar-refractivity contribution in [3.63, 3.8) is 0 Å². The van der Waals surface area contributed by atoms with Crippen molar-refractivity contribution in [1.82, 2.24) is 0 Å². The number of ether oxygens (including phenoxy) is 3. The Hall–Kier alpha value is -0.120. The molecule has 0 aromatic rings. The zero-order chi connectivity index (χ0) is 18.1. The number of unbranched alkanes of at least 4 members (excludes halogenated alkanes) is 7. The van der Waals surface area contributed by atoms with Crippen LogP contribution in [0, 0.1) is 5.92 Å². The molecule has 0 heterocycles. The predicted octanol–water partition coefficient (Wildman–Crippen LogP) is 6.70. The van der Waals surface area contributed by atoms with E-state index >= 15 is 0 Å². The van der Waals surface area contributed by atoms with Crippen LogP contribution in [-0.4, -0.2) is 25.8 Å². The summed E-state index contributed by atoms with van der Waals surface area (Å²) in [4.78, 5) is 0. The maximum Gasteiger partial charge on any atom is 0.285 e. The van der Waals surface area contributed by atoms with E-state index in [-0.39, 0.29) is 0 Å². The highest BCUT2D eigenvalue weighted by Gasteiger charge is 2.41. The first-order valence-electron chi connectivity index (χ1n) is 10.6. The van der Waals surface area contributed by atoms with Crippen LogP contribution < -0.4 is 0 Å². The molecule has 3 nitrogen and oxygen atoms in total. The Kier molecular flexibility index (Phi) is 16.3. The zero-order valence-electron chi connectivity index (χ0n) is 17.2. The molecule has 24 heavy (non-hydrogen) atoms. The van der Waals surface area contributed by atoms with Crippen LogP contribution in [0.2, 0.25) is 0 Å². The van der Waals surface area contributed by atoms with Gasteiger partial charge in [0.05, 0.1) is 0 Å². The van der Waals surface area contributed by atoms with Gasteiger partial charge in [0.25, 0.3) is 5.97 Å². The van der Waals surface area contributed by atoms with Gasteiger partial charge < -0.3 is 14.2 Å². The highest BCUT2D eigenvalue weighted by molar-refractivity contribution is 4.73. The fraction of sp³-hybridized carbons (Fsp3) is 1.00. The van der Waals surface area contributed by atoms with Crippen molar-refractivity contribution >= 4 is 0 Å². The van der Waals surface area contributed by atoms with Crippen LogP contribution in [0.5, 0.6) is 0 Å². The quantitative estimate of drug-likeness (QED) is 0.204. The molecule has 0 saturated heterocycles. The molecule has 0 rings (SSSR count). The molecule has 146 valence electrons. The third-order valence-corrected chi connectivity index (χ3v) is 4.60. The minimum absolute atomic E-state index is 0.329. The Labute approximate surface area is 151 Å². The maximum absolute atomic E-state index is 6.05. The first-order chi connectivity index (χ1) is 11.7. The lowest BCUT2D eigenvalue weighted by Crippen LogP contribution is -2.46. The minimum Gasteiger partial charge on any atom is -0.328 e. The van der Waals surface area contributed by atoms with Gasteiger partial charge in [0.1, 0.15) is 0 Å². The zero-order valence-corrected chi connectivity index (χ0v) is 17.2. The van der Waals surface area contributed by atoms with Crippen molar-refractivity contribution in [3.8, 4) is 0 Å². The van der Waals surface area contributed by atoms with Crippen LogP contribution in [-0.2, 0) is 14.2 Å². The van der Waals surface area contributed by atoms with Crippen molar-refractivity contribution < 1.29 is 14.2 Å². The van der Waals surface area contributed by atoms with Crippen LogP contribution in [0.3, 0.4) is 0 Å². The second-order valence-electron chi connectivity index (χ2n) is 6.65. The summed E-state index contributed by atoms with van der Waals surface area (Å²) < 4.78 is 18.2. The van der Waals surface area contributed by atoms with E-state index in [4.69, 9.17) is 14.2 Å². The van der Waals surface area contributed by atoms with E-state index in [1.165, 1.54) is 57.8 Å². The van der Waals surface area contributed by atoms with Gasteiger partial charge in [-0.25, -0.2) is 0 Å². The summed E-state index contributed by atoms with van der Waals surface area (Å²) in [6.45, 7) is 12.5. The monoisotopic (exact) mass is 344 g/mol. The molecule has 3 heteroatoms. The summed E-state index contributed by atoms with van der Waals surface area (Å²) in [7, 11) is 0. The Morgan fingerprint density at radius 1 is 0.542 bits per heavy atom. The van der Waals surface area contributed by atoms with Gasteiger partial charge in [-0.2, -0.15) is 0 Å². The molecule has 0 aliphatic rings.